The normalized spacial score (nSPS) is 12.5. The van der Waals surface area contributed by atoms with E-state index in [1.807, 2.05) is 47.1 Å². The monoisotopic (exact) mass is 500 g/mol. The van der Waals surface area contributed by atoms with Gasteiger partial charge in [-0.25, -0.2) is 4.98 Å². The van der Waals surface area contributed by atoms with Crippen molar-refractivity contribution >= 4 is 6.08 Å². The summed E-state index contributed by atoms with van der Waals surface area (Å²) in [5, 5.41) is 0. The summed E-state index contributed by atoms with van der Waals surface area (Å²) in [7, 11) is 0. The van der Waals surface area contributed by atoms with Crippen molar-refractivity contribution in [1.82, 2.24) is 9.55 Å². The first-order chi connectivity index (χ1) is 17.1. The Kier molecular flexibility index (Phi) is 7.33. The van der Waals surface area contributed by atoms with Gasteiger partial charge >= 0.3 is 12.4 Å². The lowest BCUT2D eigenvalue weighted by molar-refractivity contribution is -0.138. The van der Waals surface area contributed by atoms with Crippen molar-refractivity contribution in [2.24, 2.45) is 0 Å². The summed E-state index contributed by atoms with van der Waals surface area (Å²) in [6.45, 7) is 0.613. The molecule has 4 rings (SSSR count). The maximum Gasteiger partial charge on any atom is 0.416 e. The number of hydrogen-bond donors (Lipinski definition) is 0. The topological polar surface area (TPSA) is 17.8 Å². The number of allylic oxidation sites excluding steroid dienone is 1. The van der Waals surface area contributed by atoms with Gasteiger partial charge in [-0.15, -0.1) is 0 Å². The minimum atomic E-state index is -4.47. The molecule has 0 aliphatic heterocycles. The Balaban J connectivity index is 1.59. The molecular weight excluding hydrogens is 478 g/mol. The van der Waals surface area contributed by atoms with Crippen LogP contribution in [0.4, 0.5) is 26.3 Å². The third-order valence-corrected chi connectivity index (χ3v) is 5.88. The van der Waals surface area contributed by atoms with Crippen molar-refractivity contribution in [2.75, 3.05) is 0 Å². The lowest BCUT2D eigenvalue weighted by Gasteiger charge is -2.18. The quantitative estimate of drug-likeness (QED) is 0.234. The van der Waals surface area contributed by atoms with Crippen LogP contribution in [0, 0.1) is 0 Å². The van der Waals surface area contributed by atoms with Crippen molar-refractivity contribution < 1.29 is 26.3 Å². The Hall–Kier alpha value is -3.81. The summed E-state index contributed by atoms with van der Waals surface area (Å²) in [4.78, 5) is 4.20. The number of hydrogen-bond acceptors (Lipinski definition) is 1. The van der Waals surface area contributed by atoms with Gasteiger partial charge in [0, 0.05) is 12.5 Å². The summed E-state index contributed by atoms with van der Waals surface area (Å²) in [6.07, 6.45) is -1.46. The third kappa shape index (κ3) is 6.24. The second kappa shape index (κ2) is 10.4. The zero-order valence-electron chi connectivity index (χ0n) is 19.0. The van der Waals surface area contributed by atoms with Crippen LogP contribution < -0.4 is 0 Å². The number of nitrogens with zero attached hydrogens (tertiary/aromatic N) is 2. The Labute approximate surface area is 204 Å². The van der Waals surface area contributed by atoms with Crippen molar-refractivity contribution in [2.45, 2.75) is 31.2 Å². The van der Waals surface area contributed by atoms with Crippen molar-refractivity contribution in [3.8, 4) is 0 Å². The van der Waals surface area contributed by atoms with Gasteiger partial charge in [-0.3, -0.25) is 0 Å². The minimum Gasteiger partial charge on any atom is -0.327 e. The standard InChI is InChI=1S/C28H22F6N2/c29-27(30,31)23-13-9-21(10-14-23)26(22-11-15-24(16-12-22)28(32,33)34)8-4-7-25-17-35-19-36(25)18-20-5-2-1-3-6-20/h1-7,9-17,19,26H,8,18H2. The van der Waals surface area contributed by atoms with E-state index < -0.39 is 29.4 Å². The van der Waals surface area contributed by atoms with E-state index in [9.17, 15) is 26.3 Å². The molecule has 1 heterocycles. The zero-order valence-corrected chi connectivity index (χ0v) is 19.0. The summed E-state index contributed by atoms with van der Waals surface area (Å²) >= 11 is 0. The molecule has 36 heavy (non-hydrogen) atoms. The van der Waals surface area contributed by atoms with E-state index in [1.54, 1.807) is 12.5 Å². The van der Waals surface area contributed by atoms with Crippen LogP contribution in [-0.2, 0) is 18.9 Å². The van der Waals surface area contributed by atoms with E-state index in [4.69, 9.17) is 0 Å². The van der Waals surface area contributed by atoms with E-state index >= 15 is 0 Å². The number of alkyl halides is 6. The number of halogens is 6. The molecule has 0 radical (unpaired) electrons. The van der Waals surface area contributed by atoms with E-state index in [0.717, 1.165) is 35.5 Å². The van der Waals surface area contributed by atoms with Crippen molar-refractivity contribution in [3.63, 3.8) is 0 Å². The van der Waals surface area contributed by atoms with Gasteiger partial charge in [0.25, 0.3) is 0 Å². The fraction of sp³-hybridized carbons (Fsp3) is 0.179. The highest BCUT2D eigenvalue weighted by Gasteiger charge is 2.31. The van der Waals surface area contributed by atoms with E-state index in [-0.39, 0.29) is 0 Å². The maximum absolute atomic E-state index is 13.0. The highest BCUT2D eigenvalue weighted by molar-refractivity contribution is 5.46. The van der Waals surface area contributed by atoms with Crippen LogP contribution in [0.15, 0.2) is 97.5 Å². The number of imidazole rings is 1. The molecule has 0 aliphatic rings. The fourth-order valence-electron chi connectivity index (χ4n) is 3.98. The molecule has 4 aromatic rings. The van der Waals surface area contributed by atoms with Crippen LogP contribution in [0.25, 0.3) is 6.08 Å². The Morgan fingerprint density at radius 3 is 1.75 bits per heavy atom. The fourth-order valence-corrected chi connectivity index (χ4v) is 3.98. The van der Waals surface area contributed by atoms with Crippen LogP contribution >= 0.6 is 0 Å². The summed E-state index contributed by atoms with van der Waals surface area (Å²) in [5.41, 5.74) is 1.51. The zero-order chi connectivity index (χ0) is 25.8. The van der Waals surface area contributed by atoms with Gasteiger partial charge in [0.2, 0.25) is 0 Å². The largest absolute Gasteiger partial charge is 0.416 e. The average Bonchev–Trinajstić information content (AvgIpc) is 3.28. The molecule has 0 saturated carbocycles. The highest BCUT2D eigenvalue weighted by atomic mass is 19.4. The molecule has 0 aliphatic carbocycles. The number of rotatable bonds is 7. The average molecular weight is 500 g/mol. The molecule has 0 atom stereocenters. The SMILES string of the molecule is FC(F)(F)c1ccc(C(CC=Cc2cncn2Cc2ccccc2)c2ccc(C(F)(F)F)cc2)cc1. The Bertz CT molecular complexity index is 1230. The molecule has 0 amide bonds. The summed E-state index contributed by atoms with van der Waals surface area (Å²) < 4.78 is 80.1. The molecule has 1 aromatic heterocycles. The molecule has 0 bridgehead atoms. The van der Waals surface area contributed by atoms with Crippen LogP contribution in [-0.4, -0.2) is 9.55 Å². The first kappa shape index (κ1) is 25.3. The van der Waals surface area contributed by atoms with E-state index in [0.29, 0.717) is 24.1 Å². The Morgan fingerprint density at radius 2 is 1.25 bits per heavy atom. The molecular formula is C28H22F6N2. The predicted octanol–water partition coefficient (Wildman–Crippen LogP) is 8.20. The maximum atomic E-state index is 13.0. The van der Waals surface area contributed by atoms with E-state index in [1.165, 1.54) is 24.3 Å². The highest BCUT2D eigenvalue weighted by Crippen LogP contribution is 2.35. The Morgan fingerprint density at radius 1 is 0.722 bits per heavy atom. The number of aromatic nitrogens is 2. The van der Waals surface area contributed by atoms with Crippen LogP contribution in [0.2, 0.25) is 0 Å². The molecule has 2 nitrogen and oxygen atoms in total. The molecule has 186 valence electrons. The smallest absolute Gasteiger partial charge is 0.327 e. The van der Waals surface area contributed by atoms with Crippen LogP contribution in [0.3, 0.4) is 0 Å². The first-order valence-electron chi connectivity index (χ1n) is 11.2. The van der Waals surface area contributed by atoms with Crippen LogP contribution in [0.5, 0.6) is 0 Å². The van der Waals surface area contributed by atoms with Crippen molar-refractivity contribution in [1.29, 1.82) is 0 Å². The van der Waals surface area contributed by atoms with Gasteiger partial charge in [-0.1, -0.05) is 60.7 Å². The van der Waals surface area contributed by atoms with Crippen LogP contribution in [0.1, 0.15) is 45.8 Å². The van der Waals surface area contributed by atoms with Gasteiger partial charge in [0.15, 0.2) is 0 Å². The van der Waals surface area contributed by atoms with Gasteiger partial charge < -0.3 is 4.57 Å². The lowest BCUT2D eigenvalue weighted by Crippen LogP contribution is -2.07. The third-order valence-electron chi connectivity index (χ3n) is 5.88. The first-order valence-corrected chi connectivity index (χ1v) is 11.2. The van der Waals surface area contributed by atoms with Gasteiger partial charge in [0.05, 0.1) is 29.3 Å². The second-order valence-corrected chi connectivity index (χ2v) is 8.36. The molecule has 0 spiro atoms. The predicted molar refractivity (Wildman–Crippen MR) is 126 cm³/mol. The summed E-state index contributed by atoms with van der Waals surface area (Å²) in [5.74, 6) is -0.434. The second-order valence-electron chi connectivity index (χ2n) is 8.36. The lowest BCUT2D eigenvalue weighted by atomic mass is 9.87. The molecule has 0 saturated heterocycles. The molecule has 8 heteroatoms. The molecule has 0 fully saturated rings. The molecule has 0 N–H and O–H groups in total. The molecule has 0 unspecified atom stereocenters. The van der Waals surface area contributed by atoms with Gasteiger partial charge in [0.1, 0.15) is 0 Å². The van der Waals surface area contributed by atoms with Gasteiger partial charge in [-0.2, -0.15) is 26.3 Å². The van der Waals surface area contributed by atoms with E-state index in [2.05, 4.69) is 4.98 Å². The van der Waals surface area contributed by atoms with Gasteiger partial charge in [-0.05, 0) is 53.5 Å². The molecule has 3 aromatic carbocycles. The summed E-state index contributed by atoms with van der Waals surface area (Å²) in [6, 6.07) is 19.3. The van der Waals surface area contributed by atoms with Crippen molar-refractivity contribution in [3.05, 3.63) is 131 Å². The number of benzene rings is 3. The minimum absolute atomic E-state index is 0.368.